The zero-order valence-corrected chi connectivity index (χ0v) is 16.7. The van der Waals surface area contributed by atoms with Gasteiger partial charge in [0.25, 0.3) is 0 Å². The Morgan fingerprint density at radius 3 is 2.41 bits per heavy atom. The van der Waals surface area contributed by atoms with Gasteiger partial charge in [0.05, 0.1) is 26.9 Å². The van der Waals surface area contributed by atoms with Crippen molar-refractivity contribution in [2.24, 2.45) is 0 Å². The third-order valence-electron chi connectivity index (χ3n) is 4.18. The summed E-state index contributed by atoms with van der Waals surface area (Å²) in [5.41, 5.74) is 0.987. The first-order valence-electron chi connectivity index (χ1n) is 8.97. The van der Waals surface area contributed by atoms with Crippen molar-refractivity contribution in [3.8, 4) is 17.2 Å². The number of amides is 1. The first-order valence-corrected chi connectivity index (χ1v) is 9.34. The summed E-state index contributed by atoms with van der Waals surface area (Å²) in [6.45, 7) is 2.51. The molecule has 5 nitrogen and oxygen atoms in total. The minimum absolute atomic E-state index is 0.00339. The van der Waals surface area contributed by atoms with Gasteiger partial charge in [-0.2, -0.15) is 0 Å². The van der Waals surface area contributed by atoms with Gasteiger partial charge in [-0.1, -0.05) is 24.6 Å². The maximum absolute atomic E-state index is 12.3. The van der Waals surface area contributed by atoms with Crippen LogP contribution in [0.25, 0.3) is 0 Å². The third-order valence-corrected chi connectivity index (χ3v) is 4.44. The number of carbonyl (C=O) groups is 1. The van der Waals surface area contributed by atoms with Crippen LogP contribution in [-0.4, -0.2) is 26.7 Å². The van der Waals surface area contributed by atoms with Gasteiger partial charge in [-0.05, 0) is 54.8 Å². The van der Waals surface area contributed by atoms with E-state index in [-0.39, 0.29) is 11.9 Å². The van der Waals surface area contributed by atoms with Crippen molar-refractivity contribution in [2.45, 2.75) is 32.2 Å². The Morgan fingerprint density at radius 2 is 1.78 bits per heavy atom. The molecule has 0 aliphatic heterocycles. The first kappa shape index (κ1) is 20.9. The van der Waals surface area contributed by atoms with Crippen molar-refractivity contribution in [1.82, 2.24) is 5.32 Å². The molecule has 2 aromatic carbocycles. The van der Waals surface area contributed by atoms with Gasteiger partial charge in [-0.15, -0.1) is 0 Å². The number of halogens is 1. The molecule has 0 fully saturated rings. The molecule has 6 heteroatoms. The fraction of sp³-hybridized carbons (Fsp3) is 0.381. The monoisotopic (exact) mass is 391 g/mol. The second-order valence-electron chi connectivity index (χ2n) is 6.05. The van der Waals surface area contributed by atoms with Gasteiger partial charge in [0, 0.05) is 11.4 Å². The van der Waals surface area contributed by atoms with Crippen LogP contribution in [0.4, 0.5) is 0 Å². The predicted octanol–water partition coefficient (Wildman–Crippen LogP) is 4.78. The van der Waals surface area contributed by atoms with Crippen molar-refractivity contribution in [3.05, 3.63) is 53.1 Å². The standard InChI is InChI=1S/C21H26ClNO4/c1-4-18(15-7-12-19(25-2)20(14-15)26-3)23-21(24)6-5-13-27-17-10-8-16(22)9-11-17/h7-12,14,18H,4-6,13H2,1-3H3,(H,23,24)/t18-/m0/s1. The van der Waals surface area contributed by atoms with Crippen LogP contribution in [0.5, 0.6) is 17.2 Å². The van der Waals surface area contributed by atoms with E-state index in [2.05, 4.69) is 5.32 Å². The Kier molecular flexibility index (Phi) is 8.27. The number of hydrogen-bond donors (Lipinski definition) is 1. The topological polar surface area (TPSA) is 56.8 Å². The van der Waals surface area contributed by atoms with E-state index in [1.165, 1.54) is 0 Å². The van der Waals surface area contributed by atoms with E-state index in [1.54, 1.807) is 26.4 Å². The summed E-state index contributed by atoms with van der Waals surface area (Å²) in [4.78, 5) is 12.3. The Hall–Kier alpha value is -2.40. The minimum Gasteiger partial charge on any atom is -0.494 e. The number of ether oxygens (including phenoxy) is 3. The van der Waals surface area contributed by atoms with Crippen molar-refractivity contribution in [2.75, 3.05) is 20.8 Å². The molecule has 27 heavy (non-hydrogen) atoms. The average Bonchev–Trinajstić information content (AvgIpc) is 2.70. The highest BCUT2D eigenvalue weighted by molar-refractivity contribution is 6.30. The SMILES string of the molecule is CC[C@H](NC(=O)CCCOc1ccc(Cl)cc1)c1ccc(OC)c(OC)c1. The summed E-state index contributed by atoms with van der Waals surface area (Å²) in [7, 11) is 3.20. The van der Waals surface area contributed by atoms with Crippen LogP contribution in [-0.2, 0) is 4.79 Å². The Balaban J connectivity index is 1.83. The maximum atomic E-state index is 12.3. The Labute approximate surface area is 165 Å². The van der Waals surface area contributed by atoms with Crippen LogP contribution >= 0.6 is 11.6 Å². The molecule has 2 aromatic rings. The summed E-state index contributed by atoms with van der Waals surface area (Å²) < 4.78 is 16.2. The molecular formula is C21H26ClNO4. The molecule has 146 valence electrons. The first-order chi connectivity index (χ1) is 13.1. The van der Waals surface area contributed by atoms with Crippen LogP contribution in [0.3, 0.4) is 0 Å². The minimum atomic E-state index is -0.0745. The lowest BCUT2D eigenvalue weighted by molar-refractivity contribution is -0.122. The molecule has 0 bridgehead atoms. The quantitative estimate of drug-likeness (QED) is 0.592. The predicted molar refractivity (Wildman–Crippen MR) is 107 cm³/mol. The molecule has 0 aromatic heterocycles. The van der Waals surface area contributed by atoms with Crippen molar-refractivity contribution >= 4 is 17.5 Å². The molecule has 0 spiro atoms. The lowest BCUT2D eigenvalue weighted by Crippen LogP contribution is -2.28. The van der Waals surface area contributed by atoms with Gasteiger partial charge in [-0.25, -0.2) is 0 Å². The maximum Gasteiger partial charge on any atom is 0.220 e. The van der Waals surface area contributed by atoms with Crippen LogP contribution in [0.15, 0.2) is 42.5 Å². The molecule has 0 unspecified atom stereocenters. The molecule has 0 aliphatic carbocycles. The largest absolute Gasteiger partial charge is 0.494 e. The number of methoxy groups -OCH3 is 2. The summed E-state index contributed by atoms with van der Waals surface area (Å²) in [5.74, 6) is 2.06. The van der Waals surface area contributed by atoms with Gasteiger partial charge in [0.2, 0.25) is 5.91 Å². The molecule has 1 N–H and O–H groups in total. The van der Waals surface area contributed by atoms with Crippen molar-refractivity contribution in [3.63, 3.8) is 0 Å². The number of benzene rings is 2. The number of rotatable bonds is 10. The van der Waals surface area contributed by atoms with E-state index in [0.29, 0.717) is 36.0 Å². The highest BCUT2D eigenvalue weighted by Crippen LogP contribution is 2.30. The van der Waals surface area contributed by atoms with Gasteiger partial charge < -0.3 is 19.5 Å². The molecule has 1 amide bonds. The number of hydrogen-bond acceptors (Lipinski definition) is 4. The van der Waals surface area contributed by atoms with Crippen LogP contribution in [0, 0.1) is 0 Å². The molecule has 0 aliphatic rings. The normalized spacial score (nSPS) is 11.6. The Morgan fingerprint density at radius 1 is 1.07 bits per heavy atom. The lowest BCUT2D eigenvalue weighted by atomic mass is 10.0. The van der Waals surface area contributed by atoms with Gasteiger partial charge >= 0.3 is 0 Å². The second kappa shape index (κ2) is 10.7. The lowest BCUT2D eigenvalue weighted by Gasteiger charge is -2.19. The molecule has 0 saturated heterocycles. The smallest absolute Gasteiger partial charge is 0.220 e. The van der Waals surface area contributed by atoms with Gasteiger partial charge in [-0.3, -0.25) is 4.79 Å². The van der Waals surface area contributed by atoms with E-state index in [1.807, 2.05) is 37.3 Å². The summed E-state index contributed by atoms with van der Waals surface area (Å²) in [5, 5.41) is 3.74. The van der Waals surface area contributed by atoms with Gasteiger partial charge in [0.15, 0.2) is 11.5 Å². The Bertz CT molecular complexity index is 733. The summed E-state index contributed by atoms with van der Waals surface area (Å²) in [6, 6.07) is 12.8. The van der Waals surface area contributed by atoms with E-state index in [9.17, 15) is 4.79 Å². The molecule has 0 heterocycles. The average molecular weight is 392 g/mol. The van der Waals surface area contributed by atoms with Crippen molar-refractivity contribution in [1.29, 1.82) is 0 Å². The van der Waals surface area contributed by atoms with Crippen LogP contribution < -0.4 is 19.5 Å². The molecule has 1 atom stereocenters. The zero-order valence-electron chi connectivity index (χ0n) is 16.0. The van der Waals surface area contributed by atoms with E-state index in [4.69, 9.17) is 25.8 Å². The van der Waals surface area contributed by atoms with E-state index >= 15 is 0 Å². The van der Waals surface area contributed by atoms with E-state index in [0.717, 1.165) is 17.7 Å². The number of nitrogens with one attached hydrogen (secondary N) is 1. The fourth-order valence-electron chi connectivity index (χ4n) is 2.71. The van der Waals surface area contributed by atoms with E-state index < -0.39 is 0 Å². The summed E-state index contributed by atoms with van der Waals surface area (Å²) in [6.07, 6.45) is 1.82. The highest BCUT2D eigenvalue weighted by Gasteiger charge is 2.15. The van der Waals surface area contributed by atoms with Gasteiger partial charge in [0.1, 0.15) is 5.75 Å². The molecular weight excluding hydrogens is 366 g/mol. The molecule has 0 radical (unpaired) electrons. The summed E-state index contributed by atoms with van der Waals surface area (Å²) >= 11 is 5.84. The second-order valence-corrected chi connectivity index (χ2v) is 6.49. The molecule has 0 saturated carbocycles. The van der Waals surface area contributed by atoms with Crippen LogP contribution in [0.1, 0.15) is 37.8 Å². The zero-order chi connectivity index (χ0) is 19.6. The third kappa shape index (κ3) is 6.36. The van der Waals surface area contributed by atoms with Crippen molar-refractivity contribution < 1.29 is 19.0 Å². The highest BCUT2D eigenvalue weighted by atomic mass is 35.5. The number of carbonyl (C=O) groups excluding carboxylic acids is 1. The molecule has 2 rings (SSSR count). The van der Waals surface area contributed by atoms with Crippen LogP contribution in [0.2, 0.25) is 5.02 Å². The fourth-order valence-corrected chi connectivity index (χ4v) is 2.84.